The van der Waals surface area contributed by atoms with Gasteiger partial charge in [-0.1, -0.05) is 0 Å². The molecule has 0 aliphatic heterocycles. The third-order valence-corrected chi connectivity index (χ3v) is 4.55. The van der Waals surface area contributed by atoms with E-state index in [0.29, 0.717) is 6.04 Å². The molecule has 2 aromatic heterocycles. The van der Waals surface area contributed by atoms with E-state index in [9.17, 15) is 0 Å². The van der Waals surface area contributed by atoms with E-state index in [-0.39, 0.29) is 0 Å². The molecule has 3 rings (SSSR count). The maximum atomic E-state index is 4.24. The van der Waals surface area contributed by atoms with Crippen molar-refractivity contribution in [2.75, 3.05) is 5.32 Å². The van der Waals surface area contributed by atoms with Gasteiger partial charge in [0.15, 0.2) is 0 Å². The molecule has 0 fully saturated rings. The number of hydrogen-bond acceptors (Lipinski definition) is 3. The summed E-state index contributed by atoms with van der Waals surface area (Å²) >= 11 is 1.86. The summed E-state index contributed by atoms with van der Waals surface area (Å²) in [5.74, 6) is 0. The first kappa shape index (κ1) is 13.9. The number of rotatable bonds is 4. The predicted octanol–water partition coefficient (Wildman–Crippen LogP) is 4.72. The Balaban J connectivity index is 1.74. The van der Waals surface area contributed by atoms with Crippen molar-refractivity contribution in [3.05, 3.63) is 64.1 Å². The van der Waals surface area contributed by atoms with Crippen molar-refractivity contribution < 1.29 is 0 Å². The molecule has 1 atom stereocenters. The smallest absolute Gasteiger partial charge is 0.0647 e. The van der Waals surface area contributed by atoms with E-state index in [4.69, 9.17) is 0 Å². The zero-order chi connectivity index (χ0) is 14.8. The minimum absolute atomic E-state index is 0.311. The van der Waals surface area contributed by atoms with Crippen LogP contribution in [0.15, 0.2) is 48.8 Å². The second kappa shape index (κ2) is 5.74. The van der Waals surface area contributed by atoms with Crippen LogP contribution in [0.5, 0.6) is 0 Å². The number of aryl methyl sites for hydroxylation is 2. The molecule has 0 radical (unpaired) electrons. The van der Waals surface area contributed by atoms with Gasteiger partial charge in [0.2, 0.25) is 0 Å². The average Bonchev–Trinajstić information content (AvgIpc) is 3.09. The molecule has 0 bridgehead atoms. The van der Waals surface area contributed by atoms with E-state index in [1.165, 1.54) is 15.3 Å². The fraction of sp³-hybridized carbons (Fsp3) is 0.235. The fourth-order valence-corrected chi connectivity index (χ4v) is 3.56. The zero-order valence-corrected chi connectivity index (χ0v) is 13.3. The zero-order valence-electron chi connectivity index (χ0n) is 12.5. The number of nitrogens with zero attached hydrogens (tertiary/aromatic N) is 2. The third-order valence-electron chi connectivity index (χ3n) is 3.57. The van der Waals surface area contributed by atoms with Crippen LogP contribution in [0.4, 0.5) is 5.69 Å². The monoisotopic (exact) mass is 297 g/mol. The van der Waals surface area contributed by atoms with Crippen molar-refractivity contribution in [1.82, 2.24) is 9.78 Å². The summed E-state index contributed by atoms with van der Waals surface area (Å²) in [5, 5.41) is 7.80. The van der Waals surface area contributed by atoms with Crippen molar-refractivity contribution >= 4 is 17.0 Å². The second-order valence-electron chi connectivity index (χ2n) is 5.23. The minimum atomic E-state index is 0.311. The molecule has 4 heteroatoms. The number of aromatic nitrogens is 2. The number of nitrogens with one attached hydrogen (secondary N) is 1. The topological polar surface area (TPSA) is 29.9 Å². The molecule has 0 amide bonds. The van der Waals surface area contributed by atoms with Crippen LogP contribution in [0, 0.1) is 13.8 Å². The van der Waals surface area contributed by atoms with E-state index in [1.807, 2.05) is 28.3 Å². The molecule has 3 aromatic rings. The van der Waals surface area contributed by atoms with E-state index in [2.05, 4.69) is 61.5 Å². The predicted molar refractivity (Wildman–Crippen MR) is 89.4 cm³/mol. The van der Waals surface area contributed by atoms with Crippen LogP contribution in [0.25, 0.3) is 5.69 Å². The van der Waals surface area contributed by atoms with Gasteiger partial charge >= 0.3 is 0 Å². The Hall–Kier alpha value is -2.07. The lowest BCUT2D eigenvalue weighted by atomic mass is 10.1. The number of benzene rings is 1. The summed E-state index contributed by atoms with van der Waals surface area (Å²) in [6.07, 6.45) is 3.73. The van der Waals surface area contributed by atoms with Crippen LogP contribution in [0.1, 0.15) is 28.3 Å². The van der Waals surface area contributed by atoms with Crippen molar-refractivity contribution in [1.29, 1.82) is 0 Å². The standard InChI is InChI=1S/C17H19N3S/c1-12-11-17(14(3)21-12)13(2)19-15-5-7-16(8-6-15)20-10-4-9-18-20/h4-11,13,19H,1-3H3. The third kappa shape index (κ3) is 3.00. The van der Waals surface area contributed by atoms with Crippen LogP contribution in [0.2, 0.25) is 0 Å². The summed E-state index contributed by atoms with van der Waals surface area (Å²) in [5.41, 5.74) is 3.58. The van der Waals surface area contributed by atoms with Crippen LogP contribution in [-0.2, 0) is 0 Å². The quantitative estimate of drug-likeness (QED) is 0.755. The minimum Gasteiger partial charge on any atom is -0.378 e. The molecule has 0 aliphatic rings. The first-order valence-electron chi connectivity index (χ1n) is 7.07. The van der Waals surface area contributed by atoms with Crippen molar-refractivity contribution in [3.63, 3.8) is 0 Å². The summed E-state index contributed by atoms with van der Waals surface area (Å²) in [7, 11) is 0. The first-order valence-corrected chi connectivity index (χ1v) is 7.88. The van der Waals surface area contributed by atoms with Gasteiger partial charge in [-0.2, -0.15) is 5.10 Å². The fourth-order valence-electron chi connectivity index (χ4n) is 2.54. The van der Waals surface area contributed by atoms with Crippen molar-refractivity contribution in [2.45, 2.75) is 26.8 Å². The molecule has 21 heavy (non-hydrogen) atoms. The second-order valence-corrected chi connectivity index (χ2v) is 6.69. The summed E-state index contributed by atoms with van der Waals surface area (Å²) < 4.78 is 1.86. The molecule has 0 spiro atoms. The van der Waals surface area contributed by atoms with Gasteiger partial charge in [0, 0.05) is 33.9 Å². The van der Waals surface area contributed by atoms with Gasteiger partial charge in [-0.15, -0.1) is 11.3 Å². The Morgan fingerprint density at radius 3 is 2.52 bits per heavy atom. The Bertz CT molecular complexity index is 711. The summed E-state index contributed by atoms with van der Waals surface area (Å²) in [4.78, 5) is 2.76. The molecular weight excluding hydrogens is 278 g/mol. The van der Waals surface area contributed by atoms with Gasteiger partial charge in [0.1, 0.15) is 0 Å². The highest BCUT2D eigenvalue weighted by Crippen LogP contribution is 2.28. The van der Waals surface area contributed by atoms with E-state index in [1.54, 1.807) is 6.20 Å². The number of hydrogen-bond donors (Lipinski definition) is 1. The Kier molecular flexibility index (Phi) is 3.80. The highest BCUT2D eigenvalue weighted by atomic mass is 32.1. The van der Waals surface area contributed by atoms with Crippen LogP contribution in [-0.4, -0.2) is 9.78 Å². The van der Waals surface area contributed by atoms with E-state index < -0.39 is 0 Å². The van der Waals surface area contributed by atoms with Crippen LogP contribution >= 0.6 is 11.3 Å². The van der Waals surface area contributed by atoms with Gasteiger partial charge in [0.05, 0.1) is 5.69 Å². The van der Waals surface area contributed by atoms with Crippen molar-refractivity contribution in [2.24, 2.45) is 0 Å². The SMILES string of the molecule is Cc1cc(C(C)Nc2ccc(-n3cccn3)cc2)c(C)s1. The Morgan fingerprint density at radius 2 is 1.95 bits per heavy atom. The molecule has 3 nitrogen and oxygen atoms in total. The molecule has 108 valence electrons. The van der Waals surface area contributed by atoms with Gasteiger partial charge in [-0.3, -0.25) is 0 Å². The molecule has 1 unspecified atom stereocenters. The normalized spacial score (nSPS) is 12.3. The summed E-state index contributed by atoms with van der Waals surface area (Å²) in [6, 6.07) is 12.9. The molecular formula is C17H19N3S. The van der Waals surface area contributed by atoms with Crippen LogP contribution in [0.3, 0.4) is 0 Å². The first-order chi connectivity index (χ1) is 10.1. The van der Waals surface area contributed by atoms with Gasteiger partial charge in [-0.05, 0) is 62.7 Å². The maximum Gasteiger partial charge on any atom is 0.0647 e. The van der Waals surface area contributed by atoms with E-state index in [0.717, 1.165) is 11.4 Å². The molecule has 0 saturated carbocycles. The maximum absolute atomic E-state index is 4.24. The number of thiophene rings is 1. The molecule has 2 heterocycles. The van der Waals surface area contributed by atoms with Crippen molar-refractivity contribution in [3.8, 4) is 5.69 Å². The van der Waals surface area contributed by atoms with Gasteiger partial charge < -0.3 is 5.32 Å². The molecule has 1 N–H and O–H groups in total. The highest BCUT2D eigenvalue weighted by molar-refractivity contribution is 7.12. The molecule has 0 aliphatic carbocycles. The lowest BCUT2D eigenvalue weighted by Crippen LogP contribution is -2.06. The highest BCUT2D eigenvalue weighted by Gasteiger charge is 2.11. The lowest BCUT2D eigenvalue weighted by molar-refractivity contribution is 0.872. The Labute approximate surface area is 129 Å². The number of anilines is 1. The Morgan fingerprint density at radius 1 is 1.19 bits per heavy atom. The average molecular weight is 297 g/mol. The molecule has 1 aromatic carbocycles. The van der Waals surface area contributed by atoms with Gasteiger partial charge in [-0.25, -0.2) is 4.68 Å². The molecule has 0 saturated heterocycles. The lowest BCUT2D eigenvalue weighted by Gasteiger charge is -2.15. The van der Waals surface area contributed by atoms with Gasteiger partial charge in [0.25, 0.3) is 0 Å². The van der Waals surface area contributed by atoms with Crippen LogP contribution < -0.4 is 5.32 Å². The van der Waals surface area contributed by atoms with E-state index >= 15 is 0 Å². The largest absolute Gasteiger partial charge is 0.378 e. The summed E-state index contributed by atoms with van der Waals surface area (Å²) in [6.45, 7) is 6.55.